The molecule has 54 heavy (non-hydrogen) atoms. The van der Waals surface area contributed by atoms with Crippen molar-refractivity contribution in [3.8, 4) is 0 Å². The van der Waals surface area contributed by atoms with Gasteiger partial charge in [-0.2, -0.15) is 0 Å². The minimum absolute atomic E-state index is 0. The minimum atomic E-state index is 0. The van der Waals surface area contributed by atoms with Gasteiger partial charge in [-0.05, 0) is 44.1 Å². The van der Waals surface area contributed by atoms with Crippen molar-refractivity contribution in [1.82, 2.24) is 0 Å². The van der Waals surface area contributed by atoms with Gasteiger partial charge in [-0.25, -0.2) is 0 Å². The molecule has 318 valence electrons. The Bertz CT molecular complexity index is 900. The van der Waals surface area contributed by atoms with Crippen LogP contribution in [0, 0.1) is 0 Å². The third-order valence-electron chi connectivity index (χ3n) is 12.8. The van der Waals surface area contributed by atoms with Crippen LogP contribution in [0.25, 0.3) is 0 Å². The van der Waals surface area contributed by atoms with Crippen LogP contribution in [0.4, 0.5) is 0 Å². The quantitative estimate of drug-likeness (QED) is 0.0354. The van der Waals surface area contributed by atoms with Gasteiger partial charge < -0.3 is 16.9 Å². The fourth-order valence-corrected chi connectivity index (χ4v) is 9.26. The molecule has 0 unspecified atom stereocenters. The number of hydrogen-bond acceptors (Lipinski definition) is 0. The van der Waals surface area contributed by atoms with Gasteiger partial charge in [0, 0.05) is 18.4 Å². The van der Waals surface area contributed by atoms with E-state index >= 15 is 0 Å². The van der Waals surface area contributed by atoms with E-state index in [2.05, 4.69) is 78.2 Å². The highest BCUT2D eigenvalue weighted by molar-refractivity contribution is 5.20. The molecule has 0 saturated heterocycles. The third kappa shape index (κ3) is 26.2. The second-order valence-electron chi connectivity index (χ2n) is 18.0. The number of halogens is 1. The Hall–Kier alpha value is -0.790. The van der Waals surface area contributed by atoms with Gasteiger partial charge in [0.15, 0.2) is 0 Å². The van der Waals surface area contributed by atoms with E-state index in [9.17, 15) is 0 Å². The number of hydrogen-bond donors (Lipinski definition) is 0. The highest BCUT2D eigenvalue weighted by Gasteiger charge is 2.47. The molecule has 0 aliphatic rings. The summed E-state index contributed by atoms with van der Waals surface area (Å²) in [6.07, 6.45) is 53.5. The average Bonchev–Trinajstić information content (AvgIpc) is 3.15. The van der Waals surface area contributed by atoms with Crippen LogP contribution in [0.5, 0.6) is 0 Å². The maximum absolute atomic E-state index is 2.86. The molecular weight excluding hydrogens is 674 g/mol. The Morgan fingerprint density at radius 2 is 0.778 bits per heavy atom. The summed E-state index contributed by atoms with van der Waals surface area (Å²) in [4.78, 5) is 0. The lowest BCUT2D eigenvalue weighted by Gasteiger charge is -2.51. The first-order chi connectivity index (χ1) is 26.0. The molecule has 1 rings (SSSR count). The van der Waals surface area contributed by atoms with Gasteiger partial charge in [-0.15, -0.1) is 0 Å². The molecule has 1 aromatic rings. The molecule has 0 heterocycles. The zero-order chi connectivity index (χ0) is 38.6. The molecule has 0 atom stereocenters. The minimum Gasteiger partial charge on any atom is -1.00 e. The van der Waals surface area contributed by atoms with Crippen LogP contribution in [-0.4, -0.2) is 24.1 Å². The summed E-state index contributed by atoms with van der Waals surface area (Å²) in [6.45, 7) is 10.5. The number of unbranched alkanes of at least 4 members (excludes halogenated alkanes) is 29. The Labute approximate surface area is 348 Å². The zero-order valence-corrected chi connectivity index (χ0v) is 38.7. The number of likely N-dealkylation sites (N-methyl/N-ethyl adjacent to an activating group) is 1. The van der Waals surface area contributed by atoms with Crippen LogP contribution in [0.2, 0.25) is 0 Å². The Morgan fingerprint density at radius 3 is 1.17 bits per heavy atom. The molecule has 0 aromatic heterocycles. The van der Waals surface area contributed by atoms with Crippen LogP contribution in [0.15, 0.2) is 42.0 Å². The second-order valence-corrected chi connectivity index (χ2v) is 18.0. The van der Waals surface area contributed by atoms with Crippen LogP contribution in [0.3, 0.4) is 0 Å². The standard InChI is InChI=1S/C52H98N.ClH/c1-7-11-15-19-23-27-29-33-40-46-51(45-39-32-28-24-20-16-12-8-2)52(47-41-34-30-25-21-17-13-9-3,48-42-35-31-26-22-18-14-10-4)53(5,6)49-50-43-37-36-38-44-50;/h36-38,43-44,46H,7-35,39-42,45,47-49H2,1-6H3;1H/q+1;/p-1/b51-46-;. The van der Waals surface area contributed by atoms with Gasteiger partial charge >= 0.3 is 0 Å². The Kier molecular flexibility index (Phi) is 37.2. The molecule has 0 bridgehead atoms. The van der Waals surface area contributed by atoms with Gasteiger partial charge in [0.05, 0.1) is 14.1 Å². The normalized spacial score (nSPS) is 12.4. The predicted octanol–water partition coefficient (Wildman–Crippen LogP) is 15.1. The molecule has 1 aromatic carbocycles. The summed E-state index contributed by atoms with van der Waals surface area (Å²) >= 11 is 0. The van der Waals surface area contributed by atoms with Crippen molar-refractivity contribution in [2.24, 2.45) is 0 Å². The largest absolute Gasteiger partial charge is 1.00 e. The van der Waals surface area contributed by atoms with Gasteiger partial charge in [0.2, 0.25) is 0 Å². The maximum Gasteiger partial charge on any atom is 0.121 e. The van der Waals surface area contributed by atoms with Gasteiger partial charge in [0.25, 0.3) is 0 Å². The van der Waals surface area contributed by atoms with E-state index < -0.39 is 0 Å². The maximum atomic E-state index is 2.86. The number of quaternary nitrogens is 1. The predicted molar refractivity (Wildman–Crippen MR) is 242 cm³/mol. The summed E-state index contributed by atoms with van der Waals surface area (Å²) in [5.74, 6) is 0. The molecule has 0 amide bonds. The van der Waals surface area contributed by atoms with Crippen LogP contribution >= 0.6 is 0 Å². The Balaban J connectivity index is 0.0000281. The van der Waals surface area contributed by atoms with Gasteiger partial charge in [-0.3, -0.25) is 0 Å². The van der Waals surface area contributed by atoms with Crippen molar-refractivity contribution >= 4 is 0 Å². The lowest BCUT2D eigenvalue weighted by atomic mass is 9.74. The summed E-state index contributed by atoms with van der Waals surface area (Å²) in [5, 5.41) is 0. The molecule has 0 fully saturated rings. The highest BCUT2D eigenvalue weighted by atomic mass is 35.5. The van der Waals surface area contributed by atoms with Crippen molar-refractivity contribution in [3.05, 3.63) is 47.5 Å². The first-order valence-corrected chi connectivity index (χ1v) is 24.5. The van der Waals surface area contributed by atoms with Crippen LogP contribution in [-0.2, 0) is 6.54 Å². The molecule has 0 radical (unpaired) electrons. The van der Waals surface area contributed by atoms with Crippen LogP contribution < -0.4 is 12.4 Å². The Morgan fingerprint density at radius 1 is 0.444 bits per heavy atom. The lowest BCUT2D eigenvalue weighted by Crippen LogP contribution is -3.00. The summed E-state index contributed by atoms with van der Waals surface area (Å²) in [5.41, 5.74) is 3.63. The van der Waals surface area contributed by atoms with E-state index in [-0.39, 0.29) is 17.9 Å². The molecule has 0 N–H and O–H groups in total. The smallest absolute Gasteiger partial charge is 0.121 e. The second kappa shape index (κ2) is 37.8. The highest BCUT2D eigenvalue weighted by Crippen LogP contribution is 2.43. The van der Waals surface area contributed by atoms with Crippen molar-refractivity contribution in [1.29, 1.82) is 0 Å². The SMILES string of the molecule is CCCCCCCCCC/C=C(/CCCCCCCCCC)C(CCCCCCCCCC)(CCCCCCCCCC)[N+](C)(C)Cc1ccccc1.[Cl-]. The molecule has 1 nitrogen and oxygen atoms in total. The molecule has 0 aliphatic carbocycles. The fourth-order valence-electron chi connectivity index (χ4n) is 9.26. The van der Waals surface area contributed by atoms with E-state index in [1.54, 1.807) is 0 Å². The summed E-state index contributed by atoms with van der Waals surface area (Å²) in [7, 11) is 5.28. The van der Waals surface area contributed by atoms with E-state index in [4.69, 9.17) is 0 Å². The number of benzene rings is 1. The summed E-state index contributed by atoms with van der Waals surface area (Å²) < 4.78 is 1.12. The molecule has 0 spiro atoms. The van der Waals surface area contributed by atoms with Crippen LogP contribution in [0.1, 0.15) is 264 Å². The molecule has 0 aliphatic heterocycles. The van der Waals surface area contributed by atoms with Crippen molar-refractivity contribution in [2.45, 2.75) is 271 Å². The first-order valence-electron chi connectivity index (χ1n) is 24.5. The lowest BCUT2D eigenvalue weighted by molar-refractivity contribution is -0.949. The van der Waals surface area contributed by atoms with E-state index in [0.717, 1.165) is 11.0 Å². The number of rotatable bonds is 40. The van der Waals surface area contributed by atoms with Crippen molar-refractivity contribution in [3.63, 3.8) is 0 Å². The van der Waals surface area contributed by atoms with Gasteiger partial charge in [-0.1, -0.05) is 244 Å². The molecular formula is C52H98ClN. The average molecular weight is 773 g/mol. The molecule has 0 saturated carbocycles. The number of nitrogens with zero attached hydrogens (tertiary/aromatic N) is 1. The topological polar surface area (TPSA) is 0 Å². The van der Waals surface area contributed by atoms with E-state index in [0.29, 0.717) is 0 Å². The van der Waals surface area contributed by atoms with E-state index in [1.807, 2.05) is 5.57 Å². The monoisotopic (exact) mass is 772 g/mol. The third-order valence-corrected chi connectivity index (χ3v) is 12.8. The number of allylic oxidation sites excluding steroid dienone is 1. The fraction of sp³-hybridized carbons (Fsp3) is 0.846. The van der Waals surface area contributed by atoms with E-state index in [1.165, 1.54) is 237 Å². The van der Waals surface area contributed by atoms with Crippen molar-refractivity contribution in [2.75, 3.05) is 14.1 Å². The zero-order valence-electron chi connectivity index (χ0n) is 38.0. The first kappa shape index (κ1) is 53.2. The van der Waals surface area contributed by atoms with Crippen molar-refractivity contribution < 1.29 is 16.9 Å². The summed E-state index contributed by atoms with van der Waals surface area (Å²) in [6, 6.07) is 11.6. The van der Waals surface area contributed by atoms with Gasteiger partial charge in [0.1, 0.15) is 12.1 Å². The molecule has 2 heteroatoms.